The van der Waals surface area contributed by atoms with Crippen molar-refractivity contribution < 1.29 is 13.2 Å². The van der Waals surface area contributed by atoms with E-state index >= 15 is 0 Å². The molecule has 0 aliphatic carbocycles. The lowest BCUT2D eigenvalue weighted by atomic mass is 10.2. The molecule has 6 nitrogen and oxygen atoms in total. The molecule has 0 aromatic heterocycles. The Bertz CT molecular complexity index is 921. The van der Waals surface area contributed by atoms with Gasteiger partial charge in [0.1, 0.15) is 0 Å². The van der Waals surface area contributed by atoms with E-state index in [1.54, 1.807) is 31.2 Å². The minimum atomic E-state index is -3.86. The lowest BCUT2D eigenvalue weighted by Gasteiger charge is -2.20. The van der Waals surface area contributed by atoms with Crippen LogP contribution in [0.4, 0.5) is 0 Å². The number of rotatable bonds is 7. The second-order valence-corrected chi connectivity index (χ2v) is 7.85. The zero-order valence-corrected chi connectivity index (χ0v) is 15.7. The maximum absolute atomic E-state index is 12.7. The van der Waals surface area contributed by atoms with Crippen molar-refractivity contribution in [2.24, 2.45) is 0 Å². The first-order valence-electron chi connectivity index (χ1n) is 7.88. The van der Waals surface area contributed by atoms with Gasteiger partial charge in [-0.1, -0.05) is 36.7 Å². The summed E-state index contributed by atoms with van der Waals surface area (Å²) in [6.07, 6.45) is 0. The molecule has 136 valence electrons. The number of nitrogens with zero attached hydrogens (tertiary/aromatic N) is 2. The molecule has 0 atom stereocenters. The monoisotopic (exact) mass is 391 g/mol. The minimum absolute atomic E-state index is 0.0103. The summed E-state index contributed by atoms with van der Waals surface area (Å²) in [6, 6.07) is 14.6. The van der Waals surface area contributed by atoms with Gasteiger partial charge in [-0.05, 0) is 35.9 Å². The molecule has 1 N–H and O–H groups in total. The molecule has 0 heterocycles. The van der Waals surface area contributed by atoms with Crippen molar-refractivity contribution in [3.8, 4) is 6.07 Å². The quantitative estimate of drug-likeness (QED) is 0.785. The first kappa shape index (κ1) is 19.9. The number of hydrogen-bond acceptors (Lipinski definition) is 4. The van der Waals surface area contributed by atoms with Crippen molar-refractivity contribution in [2.75, 3.05) is 13.1 Å². The highest BCUT2D eigenvalue weighted by atomic mass is 35.5. The van der Waals surface area contributed by atoms with Crippen LogP contribution in [0.1, 0.15) is 18.1 Å². The van der Waals surface area contributed by atoms with Crippen molar-refractivity contribution in [2.45, 2.75) is 18.4 Å². The van der Waals surface area contributed by atoms with E-state index in [1.807, 2.05) is 6.07 Å². The van der Waals surface area contributed by atoms with Crippen LogP contribution < -0.4 is 5.32 Å². The van der Waals surface area contributed by atoms with Crippen LogP contribution >= 0.6 is 11.6 Å². The van der Waals surface area contributed by atoms with Gasteiger partial charge in [0.05, 0.1) is 23.1 Å². The Hall–Kier alpha value is -2.40. The Morgan fingerprint density at radius 1 is 1.23 bits per heavy atom. The summed E-state index contributed by atoms with van der Waals surface area (Å²) in [4.78, 5) is 12.1. The molecule has 0 spiro atoms. The minimum Gasteiger partial charge on any atom is -0.351 e. The molecule has 0 fully saturated rings. The summed E-state index contributed by atoms with van der Waals surface area (Å²) >= 11 is 5.81. The van der Waals surface area contributed by atoms with Crippen molar-refractivity contribution in [1.29, 1.82) is 5.26 Å². The number of halogens is 1. The zero-order valence-electron chi connectivity index (χ0n) is 14.1. The van der Waals surface area contributed by atoms with E-state index in [2.05, 4.69) is 5.32 Å². The average molecular weight is 392 g/mol. The number of nitriles is 1. The van der Waals surface area contributed by atoms with Crippen molar-refractivity contribution >= 4 is 27.5 Å². The molecule has 26 heavy (non-hydrogen) atoms. The standard InChI is InChI=1S/C18H18ClN3O3S/c1-2-22(26(24,25)17-5-3-4-15(10-17)11-20)13-18(23)21-12-14-6-8-16(19)9-7-14/h3-10H,2,12-13H2,1H3,(H,21,23). The van der Waals surface area contributed by atoms with Gasteiger partial charge in [0.2, 0.25) is 15.9 Å². The molecule has 0 unspecified atom stereocenters. The van der Waals surface area contributed by atoms with Crippen molar-refractivity contribution in [3.63, 3.8) is 0 Å². The number of amides is 1. The molecule has 1 amide bonds. The molecule has 0 radical (unpaired) electrons. The third kappa shape index (κ3) is 5.05. The van der Waals surface area contributed by atoms with Gasteiger partial charge in [-0.3, -0.25) is 4.79 Å². The lowest BCUT2D eigenvalue weighted by Crippen LogP contribution is -2.40. The van der Waals surface area contributed by atoms with Crippen LogP contribution in [-0.2, 0) is 21.4 Å². The summed E-state index contributed by atoms with van der Waals surface area (Å²) in [7, 11) is -3.86. The molecule has 0 saturated heterocycles. The summed E-state index contributed by atoms with van der Waals surface area (Å²) in [5.74, 6) is -0.415. The van der Waals surface area contributed by atoms with Gasteiger partial charge < -0.3 is 5.32 Å². The highest BCUT2D eigenvalue weighted by Crippen LogP contribution is 2.16. The first-order chi connectivity index (χ1) is 12.4. The van der Waals surface area contributed by atoms with Gasteiger partial charge in [0.25, 0.3) is 0 Å². The van der Waals surface area contributed by atoms with Gasteiger partial charge in [0, 0.05) is 18.1 Å². The fourth-order valence-corrected chi connectivity index (χ4v) is 3.84. The summed E-state index contributed by atoms with van der Waals surface area (Å²) in [5.41, 5.74) is 1.10. The molecule has 8 heteroatoms. The predicted octanol–water partition coefficient (Wildman–Crippen LogP) is 2.54. The zero-order chi connectivity index (χ0) is 19.2. The van der Waals surface area contributed by atoms with Crippen LogP contribution in [0.3, 0.4) is 0 Å². The Morgan fingerprint density at radius 3 is 2.54 bits per heavy atom. The Morgan fingerprint density at radius 2 is 1.92 bits per heavy atom. The summed E-state index contributed by atoms with van der Waals surface area (Å²) < 4.78 is 26.5. The number of sulfonamides is 1. The predicted molar refractivity (Wildman–Crippen MR) is 98.9 cm³/mol. The van der Waals surface area contributed by atoms with E-state index < -0.39 is 15.9 Å². The highest BCUT2D eigenvalue weighted by Gasteiger charge is 2.25. The van der Waals surface area contributed by atoms with Gasteiger partial charge in [-0.2, -0.15) is 9.57 Å². The van der Waals surface area contributed by atoms with Crippen LogP contribution in [0.2, 0.25) is 5.02 Å². The van der Waals surface area contributed by atoms with Gasteiger partial charge in [-0.25, -0.2) is 8.42 Å². The van der Waals surface area contributed by atoms with Crippen molar-refractivity contribution in [3.05, 3.63) is 64.7 Å². The molecular formula is C18H18ClN3O3S. The van der Waals surface area contributed by atoms with Crippen LogP contribution in [0.25, 0.3) is 0 Å². The Balaban J connectivity index is 2.06. The van der Waals surface area contributed by atoms with E-state index in [0.29, 0.717) is 5.02 Å². The smallest absolute Gasteiger partial charge is 0.243 e. The molecule has 0 aliphatic heterocycles. The molecule has 0 bridgehead atoms. The number of carbonyl (C=O) groups is 1. The normalized spacial score (nSPS) is 11.2. The third-order valence-corrected chi connectivity index (χ3v) is 5.85. The van der Waals surface area contributed by atoms with Crippen molar-refractivity contribution in [1.82, 2.24) is 9.62 Å². The number of hydrogen-bond donors (Lipinski definition) is 1. The fourth-order valence-electron chi connectivity index (χ4n) is 2.26. The summed E-state index contributed by atoms with van der Waals surface area (Å²) in [5, 5.41) is 12.2. The largest absolute Gasteiger partial charge is 0.351 e. The van der Waals surface area contributed by atoms with Crippen LogP contribution in [0.5, 0.6) is 0 Å². The molecule has 2 aromatic rings. The Kier molecular flexibility index (Phi) is 6.75. The van der Waals surface area contributed by atoms with E-state index in [-0.39, 0.29) is 30.1 Å². The second kappa shape index (κ2) is 8.81. The van der Waals surface area contributed by atoms with Gasteiger partial charge in [0.15, 0.2) is 0 Å². The molecule has 0 aliphatic rings. The number of nitrogens with one attached hydrogen (secondary N) is 1. The van der Waals surface area contributed by atoms with Gasteiger partial charge in [-0.15, -0.1) is 0 Å². The Labute approximate surface area is 158 Å². The maximum atomic E-state index is 12.7. The topological polar surface area (TPSA) is 90.3 Å². The number of carbonyl (C=O) groups excluding carboxylic acids is 1. The maximum Gasteiger partial charge on any atom is 0.243 e. The van der Waals surface area contributed by atoms with Gasteiger partial charge >= 0.3 is 0 Å². The molecule has 2 aromatic carbocycles. The lowest BCUT2D eigenvalue weighted by molar-refractivity contribution is -0.121. The number of likely N-dealkylation sites (N-methyl/N-ethyl adjacent to an activating group) is 1. The van der Waals surface area contributed by atoms with Crippen LogP contribution in [0.15, 0.2) is 53.4 Å². The van der Waals surface area contributed by atoms with E-state index in [9.17, 15) is 13.2 Å². The third-order valence-electron chi connectivity index (χ3n) is 3.68. The average Bonchev–Trinajstić information content (AvgIpc) is 2.65. The molecular weight excluding hydrogens is 374 g/mol. The molecule has 2 rings (SSSR count). The van der Waals surface area contributed by atoms with E-state index in [0.717, 1.165) is 9.87 Å². The number of benzene rings is 2. The van der Waals surface area contributed by atoms with Crippen LogP contribution in [-0.4, -0.2) is 31.7 Å². The van der Waals surface area contributed by atoms with E-state index in [4.69, 9.17) is 16.9 Å². The second-order valence-electron chi connectivity index (χ2n) is 5.47. The SMILES string of the molecule is CCN(CC(=O)NCc1ccc(Cl)cc1)S(=O)(=O)c1cccc(C#N)c1. The van der Waals surface area contributed by atoms with Crippen LogP contribution in [0, 0.1) is 11.3 Å². The van der Waals surface area contributed by atoms with E-state index in [1.165, 1.54) is 24.3 Å². The molecule has 0 saturated carbocycles. The summed E-state index contributed by atoms with van der Waals surface area (Å²) in [6.45, 7) is 1.76. The first-order valence-corrected chi connectivity index (χ1v) is 9.70. The fraction of sp³-hybridized carbons (Fsp3) is 0.222. The highest BCUT2D eigenvalue weighted by molar-refractivity contribution is 7.89.